The molecular formula is C13H10N2. The van der Waals surface area contributed by atoms with E-state index in [-0.39, 0.29) is 0 Å². The largest absolute Gasteiger partial charge is 0.242 e. The lowest BCUT2D eigenvalue weighted by Crippen LogP contribution is -1.96. The van der Waals surface area contributed by atoms with E-state index in [2.05, 4.69) is 48.5 Å². The van der Waals surface area contributed by atoms with Crippen molar-refractivity contribution in [2.24, 2.45) is 0 Å². The van der Waals surface area contributed by atoms with E-state index >= 15 is 0 Å². The van der Waals surface area contributed by atoms with E-state index in [1.807, 2.05) is 0 Å². The highest BCUT2D eigenvalue weighted by Crippen LogP contribution is 2.46. The average Bonchev–Trinajstić information content (AvgIpc) is 2.27. The third-order valence-corrected chi connectivity index (χ3v) is 2.43. The summed E-state index contributed by atoms with van der Waals surface area (Å²) in [6.45, 7) is 0. The van der Waals surface area contributed by atoms with Crippen LogP contribution in [0.4, 0.5) is 0 Å². The van der Waals surface area contributed by atoms with Crippen molar-refractivity contribution in [3.05, 3.63) is 48.5 Å². The van der Waals surface area contributed by atoms with E-state index in [4.69, 9.17) is 10.8 Å². The van der Waals surface area contributed by atoms with Crippen molar-refractivity contribution >= 4 is 6.01 Å². The van der Waals surface area contributed by atoms with Crippen molar-refractivity contribution in [2.45, 2.75) is 0 Å². The summed E-state index contributed by atoms with van der Waals surface area (Å²) in [6.07, 6.45) is 0. The van der Waals surface area contributed by atoms with Gasteiger partial charge in [-0.3, -0.25) is 0 Å². The summed E-state index contributed by atoms with van der Waals surface area (Å²) in [6, 6.07) is 18.3. The molecule has 72 valence electrons. The van der Waals surface area contributed by atoms with Gasteiger partial charge in [-0.05, 0) is 22.3 Å². The molecule has 0 atom stereocenters. The van der Waals surface area contributed by atoms with Crippen LogP contribution >= 0.6 is 0 Å². The lowest BCUT2D eigenvalue weighted by molar-refractivity contribution is 1.47. The van der Waals surface area contributed by atoms with E-state index in [1.54, 1.807) is 0 Å². The van der Waals surface area contributed by atoms with E-state index in [0.29, 0.717) is 0 Å². The molecule has 2 nitrogen and oxygen atoms in total. The Labute approximate surface area is 88.2 Å². The Balaban J connectivity index is 0.000000258. The number of hydrogen-bond donors (Lipinski definition) is 2. The van der Waals surface area contributed by atoms with Crippen molar-refractivity contribution in [1.29, 1.82) is 10.8 Å². The topological polar surface area (TPSA) is 47.7 Å². The molecule has 3 rings (SSSR count). The predicted octanol–water partition coefficient (Wildman–Crippen LogP) is 3.65. The second-order valence-corrected chi connectivity index (χ2v) is 3.22. The molecule has 15 heavy (non-hydrogen) atoms. The minimum absolute atomic E-state index is 1.25. The van der Waals surface area contributed by atoms with Crippen molar-refractivity contribution in [3.8, 4) is 22.3 Å². The number of fused-ring (bicyclic) bond motifs is 4. The van der Waals surface area contributed by atoms with Gasteiger partial charge in [0.25, 0.3) is 0 Å². The van der Waals surface area contributed by atoms with Gasteiger partial charge in [0.15, 0.2) is 0 Å². The summed E-state index contributed by atoms with van der Waals surface area (Å²) >= 11 is 0. The molecule has 2 aromatic rings. The fourth-order valence-electron chi connectivity index (χ4n) is 1.84. The van der Waals surface area contributed by atoms with E-state index < -0.39 is 0 Å². The maximum atomic E-state index is 5.62. The van der Waals surface area contributed by atoms with Gasteiger partial charge < -0.3 is 0 Å². The molecule has 0 aliphatic heterocycles. The lowest BCUT2D eigenvalue weighted by atomic mass is 9.81. The fourth-order valence-corrected chi connectivity index (χ4v) is 1.84. The molecule has 0 spiro atoms. The Hall–Kier alpha value is -2.18. The van der Waals surface area contributed by atoms with Crippen LogP contribution in [0.1, 0.15) is 0 Å². The Morgan fingerprint density at radius 1 is 0.600 bits per heavy atom. The molecule has 2 heteroatoms. The maximum Gasteiger partial charge on any atom is 0.0831 e. The van der Waals surface area contributed by atoms with Crippen molar-refractivity contribution in [3.63, 3.8) is 0 Å². The number of hydrogen-bond acceptors (Lipinski definition) is 2. The Morgan fingerprint density at radius 2 is 0.800 bits per heavy atom. The second-order valence-electron chi connectivity index (χ2n) is 3.22. The second kappa shape index (κ2) is 3.91. The highest BCUT2D eigenvalue weighted by atomic mass is 14.4. The van der Waals surface area contributed by atoms with Gasteiger partial charge in [-0.2, -0.15) is 0 Å². The summed E-state index contributed by atoms with van der Waals surface area (Å²) in [4.78, 5) is 0. The van der Waals surface area contributed by atoms with Crippen LogP contribution in [0.3, 0.4) is 0 Å². The summed E-state index contributed by atoms with van der Waals surface area (Å²) in [5.74, 6) is 0. The Bertz CT molecular complexity index is 423. The van der Waals surface area contributed by atoms with Crippen LogP contribution in [0.5, 0.6) is 0 Å². The van der Waals surface area contributed by atoms with Crippen molar-refractivity contribution in [2.75, 3.05) is 0 Å². The minimum Gasteiger partial charge on any atom is -0.242 e. The van der Waals surface area contributed by atoms with Gasteiger partial charge in [0.2, 0.25) is 0 Å². The van der Waals surface area contributed by atoms with Gasteiger partial charge in [0.1, 0.15) is 0 Å². The van der Waals surface area contributed by atoms with Crippen molar-refractivity contribution in [1.82, 2.24) is 0 Å². The Kier molecular flexibility index (Phi) is 2.44. The van der Waals surface area contributed by atoms with Gasteiger partial charge in [0, 0.05) is 0 Å². The van der Waals surface area contributed by atoms with Crippen LogP contribution in [0.25, 0.3) is 22.3 Å². The zero-order valence-electron chi connectivity index (χ0n) is 8.12. The zero-order valence-corrected chi connectivity index (χ0v) is 8.12. The molecule has 1 aliphatic rings. The number of rotatable bonds is 0. The van der Waals surface area contributed by atoms with E-state index in [0.717, 1.165) is 0 Å². The van der Waals surface area contributed by atoms with Gasteiger partial charge in [0.05, 0.1) is 6.01 Å². The molecular weight excluding hydrogens is 184 g/mol. The predicted molar refractivity (Wildman–Crippen MR) is 61.3 cm³/mol. The van der Waals surface area contributed by atoms with Crippen LogP contribution < -0.4 is 0 Å². The third-order valence-electron chi connectivity index (χ3n) is 2.43. The minimum atomic E-state index is 1.25. The molecule has 0 saturated carbocycles. The molecule has 0 bridgehead atoms. The van der Waals surface area contributed by atoms with Crippen LogP contribution in [-0.4, -0.2) is 6.01 Å². The quantitative estimate of drug-likeness (QED) is 0.513. The normalized spacial score (nSPS) is 9.60. The molecule has 0 amide bonds. The van der Waals surface area contributed by atoms with Gasteiger partial charge in [-0.15, -0.1) is 0 Å². The number of benzene rings is 2. The summed E-state index contributed by atoms with van der Waals surface area (Å²) in [5, 5.41) is 11.2. The first-order valence-electron chi connectivity index (χ1n) is 4.65. The first-order valence-corrected chi connectivity index (χ1v) is 4.65. The molecule has 0 unspecified atom stereocenters. The first kappa shape index (κ1) is 9.38. The fraction of sp³-hybridized carbons (Fsp3) is 0. The van der Waals surface area contributed by atoms with Crippen LogP contribution in [0, 0.1) is 10.8 Å². The zero-order chi connectivity index (χ0) is 10.7. The highest BCUT2D eigenvalue weighted by Gasteiger charge is 2.19. The smallest absolute Gasteiger partial charge is 0.0831 e. The van der Waals surface area contributed by atoms with Gasteiger partial charge >= 0.3 is 0 Å². The molecule has 2 aromatic carbocycles. The highest BCUT2D eigenvalue weighted by molar-refractivity contribution is 6.02. The SMILES string of the molecule is N=C=N.c1ccc2c(c1)-c1ccccc1-2. The van der Waals surface area contributed by atoms with Gasteiger partial charge in [-0.25, -0.2) is 10.8 Å². The standard InChI is InChI=1S/C12H8.CH2N2/c1-2-6-10-9(5-1)11-7-3-4-8-12(10)11;2-1-3/h1-8H;2-3H. The molecule has 0 heterocycles. The van der Waals surface area contributed by atoms with Crippen LogP contribution in [-0.2, 0) is 0 Å². The Morgan fingerprint density at radius 3 is 1.00 bits per heavy atom. The van der Waals surface area contributed by atoms with Gasteiger partial charge in [-0.1, -0.05) is 48.5 Å². The average molecular weight is 194 g/mol. The molecule has 2 N–H and O–H groups in total. The molecule has 0 fully saturated rings. The van der Waals surface area contributed by atoms with E-state index in [9.17, 15) is 0 Å². The third kappa shape index (κ3) is 1.47. The summed E-state index contributed by atoms with van der Waals surface area (Å²) in [5.41, 5.74) is 5.59. The molecule has 0 saturated heterocycles. The summed E-state index contributed by atoms with van der Waals surface area (Å²) < 4.78 is 0. The number of nitrogens with one attached hydrogen (secondary N) is 2. The summed E-state index contributed by atoms with van der Waals surface area (Å²) in [7, 11) is 0. The first-order chi connectivity index (χ1) is 7.38. The molecule has 0 radical (unpaired) electrons. The monoisotopic (exact) mass is 194 g/mol. The van der Waals surface area contributed by atoms with Crippen LogP contribution in [0.15, 0.2) is 48.5 Å². The van der Waals surface area contributed by atoms with Crippen molar-refractivity contribution < 1.29 is 0 Å². The lowest BCUT2D eigenvalue weighted by Gasteiger charge is -2.22. The van der Waals surface area contributed by atoms with E-state index in [1.165, 1.54) is 28.3 Å². The molecule has 0 aromatic heterocycles. The maximum absolute atomic E-state index is 5.62. The van der Waals surface area contributed by atoms with Crippen LogP contribution in [0.2, 0.25) is 0 Å². The molecule has 1 aliphatic carbocycles.